The predicted molar refractivity (Wildman–Crippen MR) is 170 cm³/mol. The lowest BCUT2D eigenvalue weighted by Crippen LogP contribution is -2.33. The molecule has 3 aromatic heterocycles. The van der Waals surface area contributed by atoms with Crippen molar-refractivity contribution in [2.75, 3.05) is 18.6 Å². The van der Waals surface area contributed by atoms with Crippen LogP contribution in [0.1, 0.15) is 64.0 Å². The first-order chi connectivity index (χ1) is 22.6. The molecule has 0 saturated carbocycles. The zero-order valence-electron chi connectivity index (χ0n) is 27.4. The molecule has 16 nitrogen and oxygen atoms in total. The zero-order chi connectivity index (χ0) is 34.4. The number of imidazole rings is 1. The normalized spacial score (nSPS) is 23.9. The van der Waals surface area contributed by atoms with E-state index in [4.69, 9.17) is 44.2 Å². The summed E-state index contributed by atoms with van der Waals surface area (Å²) in [4.78, 5) is 25.5. The molecule has 0 radical (unpaired) electrons. The number of amides is 1. The third-order valence-corrected chi connectivity index (χ3v) is 9.37. The highest BCUT2D eigenvalue weighted by atomic mass is 35.5. The first-order valence-electron chi connectivity index (χ1n) is 15.2. The summed E-state index contributed by atoms with van der Waals surface area (Å²) in [5.41, 5.74) is 0.616. The van der Waals surface area contributed by atoms with Crippen molar-refractivity contribution >= 4 is 42.0 Å². The van der Waals surface area contributed by atoms with E-state index in [9.17, 15) is 9.36 Å². The molecule has 6 atom stereocenters. The standard InChI is InChI=1S/C30H37ClN7O9P/c1-16-36-37-24(43-16)26(48(7,40)42-13-17-11-9-8-10-12-17)41-14-18-20-21(46-30(5,6)45-20)25(44-18)38-15-32-19-22(33-27(31)35-23(19)38)34-28(39)47-29(2,3)4/h8-12,15,18,20-21,25-26H,13-14H2,1-7H3,(H,33,34,35,39)/t18-,20-,21-,25-,26?,48?/m1/s1. The quantitative estimate of drug-likeness (QED) is 0.155. The number of fused-ring (bicyclic) bond motifs is 2. The van der Waals surface area contributed by atoms with Crippen LogP contribution in [0, 0.1) is 6.92 Å². The van der Waals surface area contributed by atoms with Crippen LogP contribution in [0.3, 0.4) is 0 Å². The number of nitrogens with one attached hydrogen (secondary N) is 1. The molecule has 258 valence electrons. The highest BCUT2D eigenvalue weighted by molar-refractivity contribution is 7.58. The number of rotatable bonds is 10. The Hall–Kier alpha value is -3.50. The highest BCUT2D eigenvalue weighted by Crippen LogP contribution is 2.58. The lowest BCUT2D eigenvalue weighted by atomic mass is 10.1. The Balaban J connectivity index is 1.25. The van der Waals surface area contributed by atoms with Gasteiger partial charge >= 0.3 is 6.09 Å². The third-order valence-electron chi connectivity index (χ3n) is 7.34. The van der Waals surface area contributed by atoms with Crippen LogP contribution in [-0.2, 0) is 39.4 Å². The van der Waals surface area contributed by atoms with Crippen molar-refractivity contribution in [2.24, 2.45) is 0 Å². The minimum atomic E-state index is -3.56. The smallest absolute Gasteiger partial charge is 0.413 e. The molecule has 1 amide bonds. The van der Waals surface area contributed by atoms with Gasteiger partial charge in [0.15, 0.2) is 29.0 Å². The maximum Gasteiger partial charge on any atom is 0.413 e. The van der Waals surface area contributed by atoms with Gasteiger partial charge in [0.25, 0.3) is 5.89 Å². The fourth-order valence-corrected chi connectivity index (χ4v) is 7.00. The Morgan fingerprint density at radius 3 is 2.56 bits per heavy atom. The predicted octanol–water partition coefficient (Wildman–Crippen LogP) is 5.78. The number of aryl methyl sites for hydroxylation is 1. The van der Waals surface area contributed by atoms with Crippen molar-refractivity contribution in [3.8, 4) is 0 Å². The lowest BCUT2D eigenvalue weighted by molar-refractivity contribution is -0.202. The van der Waals surface area contributed by atoms with E-state index in [1.54, 1.807) is 46.1 Å². The van der Waals surface area contributed by atoms with Gasteiger partial charge in [-0.3, -0.25) is 14.4 Å². The van der Waals surface area contributed by atoms with Gasteiger partial charge in [0.1, 0.15) is 23.9 Å². The van der Waals surface area contributed by atoms with Crippen LogP contribution in [0.4, 0.5) is 10.6 Å². The molecule has 5 heterocycles. The van der Waals surface area contributed by atoms with E-state index < -0.39 is 55.2 Å². The van der Waals surface area contributed by atoms with E-state index in [2.05, 4.69) is 30.5 Å². The van der Waals surface area contributed by atoms with Crippen molar-refractivity contribution in [3.05, 3.63) is 59.3 Å². The number of benzene rings is 1. The Bertz CT molecular complexity index is 1830. The molecule has 6 rings (SSSR count). The first-order valence-corrected chi connectivity index (χ1v) is 17.7. The minimum absolute atomic E-state index is 0.0124. The summed E-state index contributed by atoms with van der Waals surface area (Å²) in [7, 11) is -3.56. The number of carbonyl (C=O) groups is 1. The maximum atomic E-state index is 14.0. The van der Waals surface area contributed by atoms with Gasteiger partial charge in [0.05, 0.1) is 19.5 Å². The molecule has 1 aromatic carbocycles. The summed E-state index contributed by atoms with van der Waals surface area (Å²) in [6.45, 7) is 11.9. The van der Waals surface area contributed by atoms with E-state index in [1.807, 2.05) is 30.3 Å². The minimum Gasteiger partial charge on any atom is -0.444 e. The molecule has 4 aromatic rings. The van der Waals surface area contributed by atoms with Crippen LogP contribution in [0.15, 0.2) is 41.1 Å². The molecular weight excluding hydrogens is 669 g/mol. The molecule has 2 aliphatic rings. The molecule has 0 aliphatic carbocycles. The van der Waals surface area contributed by atoms with E-state index in [1.165, 1.54) is 13.0 Å². The van der Waals surface area contributed by atoms with Crippen molar-refractivity contribution < 1.29 is 42.0 Å². The van der Waals surface area contributed by atoms with E-state index >= 15 is 0 Å². The number of halogens is 1. The van der Waals surface area contributed by atoms with Gasteiger partial charge in [0, 0.05) is 13.6 Å². The van der Waals surface area contributed by atoms with Crippen LogP contribution in [0.5, 0.6) is 0 Å². The van der Waals surface area contributed by atoms with Gasteiger partial charge < -0.3 is 32.6 Å². The average molecular weight is 706 g/mol. The lowest BCUT2D eigenvalue weighted by Gasteiger charge is -2.26. The molecule has 2 aliphatic heterocycles. The Kier molecular flexibility index (Phi) is 9.37. The summed E-state index contributed by atoms with van der Waals surface area (Å²) >= 11 is 6.28. The number of hydrogen-bond donors (Lipinski definition) is 1. The summed E-state index contributed by atoms with van der Waals surface area (Å²) < 4.78 is 57.8. The monoisotopic (exact) mass is 705 g/mol. The molecule has 0 bridgehead atoms. The third kappa shape index (κ3) is 7.54. The van der Waals surface area contributed by atoms with E-state index in [-0.39, 0.29) is 47.3 Å². The summed E-state index contributed by atoms with van der Waals surface area (Å²) in [6.07, 6.45) is -2.06. The summed E-state index contributed by atoms with van der Waals surface area (Å²) in [5.74, 6) is -1.81. The number of ether oxygens (including phenoxy) is 5. The van der Waals surface area contributed by atoms with Crippen LogP contribution in [0.25, 0.3) is 11.2 Å². The number of anilines is 1. The number of hydrogen-bond acceptors (Lipinski definition) is 14. The van der Waals surface area contributed by atoms with Gasteiger partial charge in [-0.2, -0.15) is 9.97 Å². The van der Waals surface area contributed by atoms with E-state index in [0.29, 0.717) is 0 Å². The Morgan fingerprint density at radius 1 is 1.15 bits per heavy atom. The summed E-state index contributed by atoms with van der Waals surface area (Å²) in [6, 6.07) is 9.35. The van der Waals surface area contributed by atoms with Crippen LogP contribution in [0.2, 0.25) is 5.28 Å². The molecule has 0 spiro atoms. The molecule has 18 heteroatoms. The number of aromatic nitrogens is 6. The van der Waals surface area contributed by atoms with Crippen molar-refractivity contribution in [3.63, 3.8) is 0 Å². The fraction of sp³-hybridized carbons (Fsp3) is 0.533. The van der Waals surface area contributed by atoms with Gasteiger partial charge in [-0.25, -0.2) is 9.78 Å². The Labute approximate surface area is 281 Å². The van der Waals surface area contributed by atoms with Crippen LogP contribution >= 0.6 is 19.0 Å². The van der Waals surface area contributed by atoms with Gasteiger partial charge in [0.2, 0.25) is 24.4 Å². The molecular formula is C30H37ClN7O9P. The molecule has 1 N–H and O–H groups in total. The Morgan fingerprint density at radius 2 is 1.88 bits per heavy atom. The molecule has 2 saturated heterocycles. The molecule has 2 unspecified atom stereocenters. The van der Waals surface area contributed by atoms with Crippen molar-refractivity contribution in [1.29, 1.82) is 0 Å². The second kappa shape index (κ2) is 13.1. The summed E-state index contributed by atoms with van der Waals surface area (Å²) in [5, 5.41) is 10.4. The van der Waals surface area contributed by atoms with Crippen molar-refractivity contribution in [1.82, 2.24) is 29.7 Å². The second-order valence-corrected chi connectivity index (χ2v) is 15.8. The number of nitrogens with zero attached hydrogens (tertiary/aromatic N) is 6. The van der Waals surface area contributed by atoms with Crippen LogP contribution < -0.4 is 5.32 Å². The van der Waals surface area contributed by atoms with Crippen molar-refractivity contribution in [2.45, 2.75) is 89.9 Å². The second-order valence-electron chi connectivity index (χ2n) is 12.9. The van der Waals surface area contributed by atoms with E-state index in [0.717, 1.165) is 5.56 Å². The van der Waals surface area contributed by atoms with Gasteiger partial charge in [-0.05, 0) is 51.8 Å². The number of carbonyl (C=O) groups excluding carboxylic acids is 1. The van der Waals surface area contributed by atoms with Crippen LogP contribution in [-0.4, -0.2) is 78.8 Å². The van der Waals surface area contributed by atoms with Gasteiger partial charge in [-0.1, -0.05) is 30.3 Å². The molecule has 48 heavy (non-hydrogen) atoms. The topological polar surface area (TPSA) is 184 Å². The first kappa shape index (κ1) is 34.4. The molecule has 2 fully saturated rings. The largest absolute Gasteiger partial charge is 0.444 e. The zero-order valence-corrected chi connectivity index (χ0v) is 29.1. The fourth-order valence-electron chi connectivity index (χ4n) is 5.43. The SMILES string of the molecule is Cc1nnc(C(OC[C@H]2O[C@@H](n3cnc4c(NC(=O)OC(C)(C)C)nc(Cl)nc43)[C@@H]3OC(C)(C)O[C@@H]32)P(C)(=O)OCc2ccccc2)o1. The maximum absolute atomic E-state index is 14.0. The highest BCUT2D eigenvalue weighted by Gasteiger charge is 2.56. The average Bonchev–Trinajstić information content (AvgIpc) is 3.75. The van der Waals surface area contributed by atoms with Gasteiger partial charge in [-0.15, -0.1) is 10.2 Å².